The van der Waals surface area contributed by atoms with Crippen LogP contribution in [0.2, 0.25) is 0 Å². The molecule has 0 radical (unpaired) electrons. The van der Waals surface area contributed by atoms with E-state index in [4.69, 9.17) is 18.4 Å². The van der Waals surface area contributed by atoms with Crippen LogP contribution in [0.25, 0.3) is 0 Å². The van der Waals surface area contributed by atoms with Crippen molar-refractivity contribution >= 4 is 28.2 Å². The molecule has 0 saturated carbocycles. The molecular weight excluding hydrogens is 851 g/mol. The number of benzene rings is 2. The Morgan fingerprint density at radius 3 is 1.65 bits per heavy atom. The third-order valence-corrected chi connectivity index (χ3v) is 12.8. The molecule has 6 atom stereocenters. The van der Waals surface area contributed by atoms with Gasteiger partial charge in [-0.2, -0.15) is 8.42 Å². The summed E-state index contributed by atoms with van der Waals surface area (Å²) in [7, 11) is -5.20. The third-order valence-electron chi connectivity index (χ3n) is 12.4. The summed E-state index contributed by atoms with van der Waals surface area (Å²) in [4.78, 5) is 40.4. The van der Waals surface area contributed by atoms with E-state index in [0.717, 1.165) is 109 Å². The van der Waals surface area contributed by atoms with Gasteiger partial charge in [-0.3, -0.25) is 18.9 Å². The van der Waals surface area contributed by atoms with Gasteiger partial charge in [-0.15, -0.1) is 0 Å². The van der Waals surface area contributed by atoms with Crippen LogP contribution in [-0.2, 0) is 56.0 Å². The number of hydrogen-bond donors (Lipinski definition) is 4. The molecule has 2 aromatic rings. The average molecular weight is 932 g/mol. The van der Waals surface area contributed by atoms with Gasteiger partial charge in [0, 0.05) is 12.8 Å². The van der Waals surface area contributed by atoms with Gasteiger partial charge >= 0.3 is 22.3 Å². The lowest BCUT2D eigenvalue weighted by molar-refractivity contribution is -0.279. The van der Waals surface area contributed by atoms with Crippen LogP contribution < -0.4 is 5.32 Å². The van der Waals surface area contributed by atoms with Crippen molar-refractivity contribution in [1.82, 2.24) is 5.32 Å². The van der Waals surface area contributed by atoms with Gasteiger partial charge in [-0.1, -0.05) is 170 Å². The van der Waals surface area contributed by atoms with E-state index in [1.165, 1.54) is 43.7 Å². The lowest BCUT2D eigenvalue weighted by Gasteiger charge is -2.49. The Morgan fingerprint density at radius 1 is 0.692 bits per heavy atom. The number of rotatable bonds is 36. The number of aryl methyl sites for hydroxylation is 2. The number of unbranched alkanes of at least 4 members (excludes halogenated alkanes) is 18. The van der Waals surface area contributed by atoms with E-state index >= 15 is 0 Å². The van der Waals surface area contributed by atoms with E-state index in [-0.39, 0.29) is 19.3 Å². The topological polar surface area (TPSA) is 195 Å². The summed E-state index contributed by atoms with van der Waals surface area (Å²) in [6.07, 6.45) is 15.4. The van der Waals surface area contributed by atoms with E-state index < -0.39 is 71.1 Å². The fourth-order valence-electron chi connectivity index (χ4n) is 8.57. The monoisotopic (exact) mass is 932 g/mol. The highest BCUT2D eigenvalue weighted by Crippen LogP contribution is 2.34. The van der Waals surface area contributed by atoms with Crippen molar-refractivity contribution in [2.45, 2.75) is 223 Å². The molecule has 1 unspecified atom stereocenters. The summed E-state index contributed by atoms with van der Waals surface area (Å²) in [5.41, 5.74) is 0.621. The molecule has 3 rings (SSSR count). The molecule has 0 spiro atoms. The maximum atomic E-state index is 13.9. The molecule has 1 aliphatic rings. The minimum atomic E-state index is -5.20. The number of aliphatic hydroxyl groups excluding tert-OH is 2. The van der Waals surface area contributed by atoms with Gasteiger partial charge < -0.3 is 29.7 Å². The maximum Gasteiger partial charge on any atom is 0.397 e. The van der Waals surface area contributed by atoms with Gasteiger partial charge in [-0.25, -0.2) is 4.18 Å². The normalized spacial score (nSPS) is 20.3. The van der Waals surface area contributed by atoms with E-state index in [9.17, 15) is 37.6 Å². The Hall–Kier alpha value is -3.40. The first kappa shape index (κ1) is 55.9. The Balaban J connectivity index is 1.59. The second-order valence-corrected chi connectivity index (χ2v) is 19.1. The lowest BCUT2D eigenvalue weighted by Crippen LogP contribution is -2.73. The van der Waals surface area contributed by atoms with E-state index in [1.807, 2.05) is 24.3 Å². The first-order valence-electron chi connectivity index (χ1n) is 24.7. The second-order valence-electron chi connectivity index (χ2n) is 18.1. The Kier molecular flexibility index (Phi) is 27.8. The van der Waals surface area contributed by atoms with Crippen molar-refractivity contribution < 1.29 is 56.0 Å². The number of ether oxygens (including phenoxy) is 3. The third kappa shape index (κ3) is 23.8. The number of carbonyl (C=O) groups is 3. The zero-order valence-corrected chi connectivity index (χ0v) is 40.2. The molecule has 0 aliphatic carbocycles. The molecule has 65 heavy (non-hydrogen) atoms. The van der Waals surface area contributed by atoms with Gasteiger partial charge in [0.2, 0.25) is 5.91 Å². The number of amides is 1. The largest absolute Gasteiger partial charge is 0.462 e. The van der Waals surface area contributed by atoms with Crippen LogP contribution in [0.1, 0.15) is 185 Å². The average Bonchev–Trinajstić information content (AvgIpc) is 3.27. The highest BCUT2D eigenvalue weighted by molar-refractivity contribution is 7.80. The molecule has 0 aromatic heterocycles. The Bertz CT molecular complexity index is 1700. The molecule has 2 aromatic carbocycles. The molecule has 1 aliphatic heterocycles. The van der Waals surface area contributed by atoms with Gasteiger partial charge in [0.1, 0.15) is 23.9 Å². The van der Waals surface area contributed by atoms with Crippen LogP contribution in [0.15, 0.2) is 60.7 Å². The minimum Gasteiger partial charge on any atom is -0.462 e. The first-order chi connectivity index (χ1) is 31.3. The summed E-state index contributed by atoms with van der Waals surface area (Å²) < 4.78 is 55.9. The Labute approximate surface area is 390 Å². The number of nitrogens with one attached hydrogen (secondary N) is 1. The van der Waals surface area contributed by atoms with Crippen LogP contribution in [0.4, 0.5) is 0 Å². The number of aliphatic hydroxyl groups is 2. The van der Waals surface area contributed by atoms with Crippen molar-refractivity contribution in [3.05, 3.63) is 71.8 Å². The fourth-order valence-corrected chi connectivity index (χ4v) is 9.08. The summed E-state index contributed by atoms with van der Waals surface area (Å²) in [5, 5.41) is 24.1. The smallest absolute Gasteiger partial charge is 0.397 e. The standard InChI is InChI=1S/C51H81NO12S/c1-3-4-5-6-7-8-9-16-27-36-43(61-46(55)37-28-17-12-10-14-21-30-41-32-23-19-24-33-41)39-45(54)52-51(2)49(48(64-65(58,59)60)44(40-53)62-50(51)57)63-47(56)38-29-18-13-11-15-22-31-42-34-25-20-26-35-42/h19-20,23-26,32-35,43-44,48-50,53,57H,3-18,21-22,27-31,36-40H2,1-2H3,(H,52,54)(H,58,59,60)/t43-,44-,48-,49+,50-,51?/m1/s1. The maximum absolute atomic E-state index is 13.9. The van der Waals surface area contributed by atoms with Crippen LogP contribution in [0.5, 0.6) is 0 Å². The quantitative estimate of drug-likeness (QED) is 0.0287. The van der Waals surface area contributed by atoms with E-state index in [1.54, 1.807) is 0 Å². The van der Waals surface area contributed by atoms with Crippen molar-refractivity contribution in [3.63, 3.8) is 0 Å². The molecule has 0 bridgehead atoms. The molecule has 1 amide bonds. The number of carbonyl (C=O) groups excluding carboxylic acids is 3. The zero-order chi connectivity index (χ0) is 47.2. The summed E-state index contributed by atoms with van der Waals surface area (Å²) >= 11 is 0. The molecule has 1 heterocycles. The van der Waals surface area contributed by atoms with Gasteiger partial charge in [0.05, 0.1) is 13.0 Å². The predicted molar refractivity (Wildman–Crippen MR) is 252 cm³/mol. The van der Waals surface area contributed by atoms with Crippen LogP contribution in [-0.4, -0.2) is 83.9 Å². The number of hydrogen-bond acceptors (Lipinski definition) is 11. The molecular formula is C51H81NO12S. The molecule has 1 fully saturated rings. The highest BCUT2D eigenvalue weighted by Gasteiger charge is 2.58. The summed E-state index contributed by atoms with van der Waals surface area (Å²) in [6, 6.07) is 20.7. The summed E-state index contributed by atoms with van der Waals surface area (Å²) in [5.74, 6) is -1.83. The first-order valence-corrected chi connectivity index (χ1v) is 26.1. The van der Waals surface area contributed by atoms with Crippen LogP contribution in [0, 0.1) is 0 Å². The molecule has 368 valence electrons. The van der Waals surface area contributed by atoms with Crippen molar-refractivity contribution in [2.24, 2.45) is 0 Å². The van der Waals surface area contributed by atoms with Crippen LogP contribution in [0.3, 0.4) is 0 Å². The molecule has 4 N–H and O–H groups in total. The van der Waals surface area contributed by atoms with Crippen molar-refractivity contribution in [2.75, 3.05) is 6.61 Å². The van der Waals surface area contributed by atoms with E-state index in [0.29, 0.717) is 19.3 Å². The fraction of sp³-hybridized carbons (Fsp3) is 0.706. The van der Waals surface area contributed by atoms with Crippen molar-refractivity contribution in [1.29, 1.82) is 0 Å². The number of esters is 2. The highest BCUT2D eigenvalue weighted by atomic mass is 32.3. The minimum absolute atomic E-state index is 0.0467. The summed E-state index contributed by atoms with van der Waals surface area (Å²) in [6.45, 7) is 2.63. The lowest BCUT2D eigenvalue weighted by atomic mass is 9.84. The molecule has 13 nitrogen and oxygen atoms in total. The van der Waals surface area contributed by atoms with Gasteiger partial charge in [0.25, 0.3) is 0 Å². The van der Waals surface area contributed by atoms with Crippen LogP contribution >= 0.6 is 0 Å². The van der Waals surface area contributed by atoms with Gasteiger partial charge in [0.15, 0.2) is 12.4 Å². The SMILES string of the molecule is CCCCCCCCCCC[C@H](CC(=O)NC1(C)[C@H](O)O[C@H](CO)[C@@H](OS(=O)(=O)O)[C@@H]1OC(=O)CCCCCCCCc1ccccc1)OC(=O)CCCCCCCCc1ccccc1. The second kappa shape index (κ2) is 32.3. The molecule has 14 heteroatoms. The Morgan fingerprint density at radius 2 is 1.15 bits per heavy atom. The van der Waals surface area contributed by atoms with E-state index in [2.05, 4.69) is 48.6 Å². The van der Waals surface area contributed by atoms with Gasteiger partial charge in [-0.05, 0) is 69.4 Å². The van der Waals surface area contributed by atoms with Crippen molar-refractivity contribution in [3.8, 4) is 0 Å². The zero-order valence-electron chi connectivity index (χ0n) is 39.4. The molecule has 1 saturated heterocycles. The predicted octanol–water partition coefficient (Wildman–Crippen LogP) is 9.84.